The molecule has 2 heteroatoms. The number of ketones is 1. The first-order valence-electron chi connectivity index (χ1n) is 6.31. The van der Waals surface area contributed by atoms with E-state index in [1.54, 1.807) is 7.11 Å². The highest BCUT2D eigenvalue weighted by atomic mass is 16.5. The molecule has 1 aliphatic carbocycles. The Bertz CT molecular complexity index is 417. The van der Waals surface area contributed by atoms with E-state index in [1.807, 2.05) is 6.07 Å². The number of methoxy groups -OCH3 is 1. The van der Waals surface area contributed by atoms with E-state index in [0.29, 0.717) is 24.0 Å². The highest BCUT2D eigenvalue weighted by Gasteiger charge is 2.29. The van der Waals surface area contributed by atoms with Crippen LogP contribution in [0.4, 0.5) is 0 Å². The second-order valence-corrected chi connectivity index (χ2v) is 5.14. The van der Waals surface area contributed by atoms with Gasteiger partial charge < -0.3 is 4.74 Å². The molecule has 0 amide bonds. The van der Waals surface area contributed by atoms with Crippen LogP contribution in [0, 0.1) is 5.92 Å². The standard InChI is InChI=1S/C15H20O2/c1-10(2)12-6-7-15(17-3)13(8-12)9-14(16)11-4-5-11/h6-8,10-11H,4-5,9H2,1-3H3. The van der Waals surface area contributed by atoms with Gasteiger partial charge >= 0.3 is 0 Å². The van der Waals surface area contributed by atoms with Crippen molar-refractivity contribution in [3.05, 3.63) is 29.3 Å². The summed E-state index contributed by atoms with van der Waals surface area (Å²) < 4.78 is 5.33. The lowest BCUT2D eigenvalue weighted by atomic mass is 9.97. The van der Waals surface area contributed by atoms with Crippen molar-refractivity contribution >= 4 is 5.78 Å². The molecular weight excluding hydrogens is 212 g/mol. The summed E-state index contributed by atoms with van der Waals surface area (Å²) in [7, 11) is 1.66. The van der Waals surface area contributed by atoms with Crippen LogP contribution in [0.1, 0.15) is 43.7 Å². The number of hydrogen-bond donors (Lipinski definition) is 0. The summed E-state index contributed by atoms with van der Waals surface area (Å²) >= 11 is 0. The van der Waals surface area contributed by atoms with Gasteiger partial charge in [-0.1, -0.05) is 26.0 Å². The summed E-state index contributed by atoms with van der Waals surface area (Å²) in [6, 6.07) is 6.17. The summed E-state index contributed by atoms with van der Waals surface area (Å²) in [4.78, 5) is 11.9. The highest BCUT2D eigenvalue weighted by molar-refractivity contribution is 5.85. The third kappa shape index (κ3) is 2.87. The van der Waals surface area contributed by atoms with E-state index in [2.05, 4.69) is 26.0 Å². The number of rotatable bonds is 5. The van der Waals surface area contributed by atoms with Crippen LogP contribution in [-0.2, 0) is 11.2 Å². The minimum absolute atomic E-state index is 0.322. The molecule has 0 saturated heterocycles. The number of carbonyl (C=O) groups is 1. The van der Waals surface area contributed by atoms with Gasteiger partial charge in [0.2, 0.25) is 0 Å². The van der Waals surface area contributed by atoms with Crippen molar-refractivity contribution < 1.29 is 9.53 Å². The van der Waals surface area contributed by atoms with Crippen LogP contribution in [0.5, 0.6) is 5.75 Å². The van der Waals surface area contributed by atoms with Gasteiger partial charge in [-0.3, -0.25) is 4.79 Å². The van der Waals surface area contributed by atoms with Crippen LogP contribution in [0.15, 0.2) is 18.2 Å². The molecule has 2 nitrogen and oxygen atoms in total. The fourth-order valence-corrected chi connectivity index (χ4v) is 2.03. The molecule has 1 aliphatic rings. The van der Waals surface area contributed by atoms with E-state index in [0.717, 1.165) is 24.2 Å². The van der Waals surface area contributed by atoms with Gasteiger partial charge in [0.05, 0.1) is 7.11 Å². The third-order valence-corrected chi connectivity index (χ3v) is 3.37. The van der Waals surface area contributed by atoms with Crippen molar-refractivity contribution in [2.24, 2.45) is 5.92 Å². The summed E-state index contributed by atoms with van der Waals surface area (Å²) in [5.41, 5.74) is 2.31. The SMILES string of the molecule is COc1ccc(C(C)C)cc1CC(=O)C1CC1. The maximum Gasteiger partial charge on any atom is 0.140 e. The Labute approximate surface area is 103 Å². The van der Waals surface area contributed by atoms with Crippen LogP contribution in [0.2, 0.25) is 0 Å². The molecule has 0 aromatic heterocycles. The number of benzene rings is 1. The topological polar surface area (TPSA) is 26.3 Å². The average Bonchev–Trinajstić information content (AvgIpc) is 3.12. The van der Waals surface area contributed by atoms with E-state index in [4.69, 9.17) is 4.74 Å². The van der Waals surface area contributed by atoms with Crippen LogP contribution >= 0.6 is 0 Å². The maximum absolute atomic E-state index is 11.9. The van der Waals surface area contributed by atoms with Gasteiger partial charge in [-0.05, 0) is 30.4 Å². The Morgan fingerprint density at radius 3 is 2.65 bits per heavy atom. The molecule has 0 unspecified atom stereocenters. The lowest BCUT2D eigenvalue weighted by Crippen LogP contribution is -2.06. The van der Waals surface area contributed by atoms with Gasteiger partial charge in [0.15, 0.2) is 0 Å². The van der Waals surface area contributed by atoms with E-state index in [1.165, 1.54) is 5.56 Å². The number of Topliss-reactive ketones (excluding diaryl/α,β-unsaturated/α-hetero) is 1. The third-order valence-electron chi connectivity index (χ3n) is 3.37. The number of ether oxygens (including phenoxy) is 1. The Balaban J connectivity index is 2.21. The van der Waals surface area contributed by atoms with E-state index < -0.39 is 0 Å². The van der Waals surface area contributed by atoms with Gasteiger partial charge in [0, 0.05) is 17.9 Å². The van der Waals surface area contributed by atoms with Crippen molar-refractivity contribution in [3.63, 3.8) is 0 Å². The Hall–Kier alpha value is -1.31. The smallest absolute Gasteiger partial charge is 0.140 e. The summed E-state index contributed by atoms with van der Waals surface area (Å²) in [6.45, 7) is 4.32. The van der Waals surface area contributed by atoms with E-state index >= 15 is 0 Å². The molecule has 0 aliphatic heterocycles. The van der Waals surface area contributed by atoms with E-state index in [-0.39, 0.29) is 0 Å². The van der Waals surface area contributed by atoms with Gasteiger partial charge in [-0.25, -0.2) is 0 Å². The first-order chi connectivity index (χ1) is 8.11. The first-order valence-corrected chi connectivity index (χ1v) is 6.31. The number of hydrogen-bond acceptors (Lipinski definition) is 2. The second kappa shape index (κ2) is 4.91. The van der Waals surface area contributed by atoms with Crippen LogP contribution in [-0.4, -0.2) is 12.9 Å². The molecule has 0 radical (unpaired) electrons. The Morgan fingerprint density at radius 2 is 2.12 bits per heavy atom. The highest BCUT2D eigenvalue weighted by Crippen LogP contribution is 2.33. The van der Waals surface area contributed by atoms with Crippen molar-refractivity contribution in [2.75, 3.05) is 7.11 Å². The zero-order chi connectivity index (χ0) is 12.4. The molecule has 2 rings (SSSR count). The molecule has 1 saturated carbocycles. The van der Waals surface area contributed by atoms with Gasteiger partial charge in [-0.15, -0.1) is 0 Å². The Kier molecular flexibility index (Phi) is 3.51. The van der Waals surface area contributed by atoms with Crippen LogP contribution < -0.4 is 4.74 Å². The Morgan fingerprint density at radius 1 is 1.41 bits per heavy atom. The van der Waals surface area contributed by atoms with Crippen molar-refractivity contribution in [1.29, 1.82) is 0 Å². The molecule has 0 spiro atoms. The summed E-state index contributed by atoms with van der Waals surface area (Å²) in [5.74, 6) is 2.01. The molecule has 1 aromatic rings. The zero-order valence-corrected chi connectivity index (χ0v) is 10.8. The second-order valence-electron chi connectivity index (χ2n) is 5.14. The minimum Gasteiger partial charge on any atom is -0.496 e. The van der Waals surface area contributed by atoms with Gasteiger partial charge in [0.1, 0.15) is 11.5 Å². The molecule has 1 aromatic carbocycles. The van der Waals surface area contributed by atoms with Crippen molar-refractivity contribution in [2.45, 2.75) is 39.0 Å². The molecule has 0 bridgehead atoms. The maximum atomic E-state index is 11.9. The lowest BCUT2D eigenvalue weighted by molar-refractivity contribution is -0.119. The lowest BCUT2D eigenvalue weighted by Gasteiger charge is -2.12. The predicted octanol–water partition coefficient (Wildman–Crippen LogP) is 3.34. The normalized spacial score (nSPS) is 15.1. The fourth-order valence-electron chi connectivity index (χ4n) is 2.03. The molecule has 1 fully saturated rings. The average molecular weight is 232 g/mol. The first kappa shape index (κ1) is 12.2. The molecule has 17 heavy (non-hydrogen) atoms. The van der Waals surface area contributed by atoms with E-state index in [9.17, 15) is 4.79 Å². The molecular formula is C15H20O2. The van der Waals surface area contributed by atoms with Crippen LogP contribution in [0.3, 0.4) is 0 Å². The van der Waals surface area contributed by atoms with Gasteiger partial charge in [-0.2, -0.15) is 0 Å². The minimum atomic E-state index is 0.322. The van der Waals surface area contributed by atoms with Gasteiger partial charge in [0.25, 0.3) is 0 Å². The number of carbonyl (C=O) groups excluding carboxylic acids is 1. The van der Waals surface area contributed by atoms with Crippen molar-refractivity contribution in [3.8, 4) is 5.75 Å². The molecule has 0 heterocycles. The summed E-state index contributed by atoms with van der Waals surface area (Å²) in [5, 5.41) is 0. The quantitative estimate of drug-likeness (QED) is 0.778. The largest absolute Gasteiger partial charge is 0.496 e. The zero-order valence-electron chi connectivity index (χ0n) is 10.8. The molecule has 0 N–H and O–H groups in total. The summed E-state index contributed by atoms with van der Waals surface area (Å²) in [6.07, 6.45) is 2.67. The monoisotopic (exact) mass is 232 g/mol. The predicted molar refractivity (Wildman–Crippen MR) is 68.5 cm³/mol. The molecule has 0 atom stereocenters. The molecule has 92 valence electrons. The van der Waals surface area contributed by atoms with Crippen molar-refractivity contribution in [1.82, 2.24) is 0 Å². The van der Waals surface area contributed by atoms with Crippen LogP contribution in [0.25, 0.3) is 0 Å². The fraction of sp³-hybridized carbons (Fsp3) is 0.533.